The third kappa shape index (κ3) is 23.7. The van der Waals surface area contributed by atoms with Crippen LogP contribution in [0.5, 0.6) is 0 Å². The van der Waals surface area contributed by atoms with E-state index in [2.05, 4.69) is 49.1 Å². The van der Waals surface area contributed by atoms with E-state index in [1.807, 2.05) is 0 Å². The summed E-state index contributed by atoms with van der Waals surface area (Å²) in [6, 6.07) is -0.866. The van der Waals surface area contributed by atoms with E-state index in [1.165, 1.54) is 26.0 Å². The number of allylic oxidation sites excluding steroid dienone is 1. The highest BCUT2D eigenvalue weighted by Crippen LogP contribution is 2.16. The lowest BCUT2D eigenvalue weighted by atomic mass is 9.95. The monoisotopic (exact) mass is 1070 g/mol. The van der Waals surface area contributed by atoms with Gasteiger partial charge in [-0.2, -0.15) is 0 Å². The molecule has 0 aliphatic rings. The van der Waals surface area contributed by atoms with Gasteiger partial charge in [-0.3, -0.25) is 33.6 Å². The van der Waals surface area contributed by atoms with E-state index < -0.39 is 143 Å². The van der Waals surface area contributed by atoms with Gasteiger partial charge in [0.05, 0.1) is 0 Å². The van der Waals surface area contributed by atoms with Crippen LogP contribution < -0.4 is 48.3 Å². The number of hydrogen-bond donors (Lipinski definition) is 10. The van der Waals surface area contributed by atoms with Gasteiger partial charge < -0.3 is 67.6 Å². The number of benzene rings is 1. The minimum Gasteiger partial charge on any atom is -0.477 e. The van der Waals surface area contributed by atoms with Crippen molar-refractivity contribution in [3.8, 4) is 0 Å². The Labute approximate surface area is 447 Å². The molecule has 426 valence electrons. The first-order valence-corrected chi connectivity index (χ1v) is 25.7. The number of alkyl carbamates (subject to hydrolysis) is 2. The van der Waals surface area contributed by atoms with Gasteiger partial charge in [-0.1, -0.05) is 117 Å². The van der Waals surface area contributed by atoms with Crippen LogP contribution in [0.3, 0.4) is 0 Å². The fourth-order valence-electron chi connectivity index (χ4n) is 7.11. The molecule has 76 heavy (non-hydrogen) atoms. The zero-order valence-electron chi connectivity index (χ0n) is 46.5. The van der Waals surface area contributed by atoms with Gasteiger partial charge in [0.25, 0.3) is 0 Å². The second kappa shape index (κ2) is 33.1. The molecule has 23 heteroatoms. The van der Waals surface area contributed by atoms with E-state index in [-0.39, 0.29) is 32.4 Å². The summed E-state index contributed by atoms with van der Waals surface area (Å²) in [7, 11) is 0. The Morgan fingerprint density at radius 2 is 1.18 bits per heavy atom. The van der Waals surface area contributed by atoms with Gasteiger partial charge in [0.15, 0.2) is 0 Å². The van der Waals surface area contributed by atoms with Crippen molar-refractivity contribution in [2.24, 2.45) is 29.4 Å². The average molecular weight is 1070 g/mol. The maximum Gasteiger partial charge on any atom is 0.408 e. The SMILES string of the molecule is C=CCOC(=O)N[C@@H](CCCNC(=O)OC(C)(C)C)C(=O)N[C@@H](C(=O)N[C@@H](C(=O)N[C@@H](C(=O)N[C@@H](C(=O)N[C@@H](Cc1ccccc1)C(=O)N/C(=C\C)C(=O)O)C(C)C)[C@@H](C)CC)[C@@H](C)OC(=O)[C@@H](N)C(C)C)[C@@H](C)CC. The summed E-state index contributed by atoms with van der Waals surface area (Å²) in [5.74, 6) is -9.68. The fraction of sp³-hybridized carbons (Fsp3) is 0.623. The van der Waals surface area contributed by atoms with Crippen molar-refractivity contribution < 1.29 is 67.3 Å². The van der Waals surface area contributed by atoms with Gasteiger partial charge in [-0.25, -0.2) is 14.4 Å². The first-order valence-electron chi connectivity index (χ1n) is 25.7. The van der Waals surface area contributed by atoms with Crippen molar-refractivity contribution in [1.82, 2.24) is 42.5 Å². The summed E-state index contributed by atoms with van der Waals surface area (Å²) >= 11 is 0. The Morgan fingerprint density at radius 3 is 1.67 bits per heavy atom. The molecular weight excluding hydrogens is 987 g/mol. The summed E-state index contributed by atoms with van der Waals surface area (Å²) in [6.07, 6.45) is 0.120. The number of esters is 1. The normalized spacial score (nSPS) is 15.5. The number of hydrogen-bond acceptors (Lipinski definition) is 14. The molecule has 1 aromatic carbocycles. The number of carboxylic acid groups (broad SMARTS) is 1. The Balaban J connectivity index is 3.66. The molecule has 0 radical (unpaired) electrons. The van der Waals surface area contributed by atoms with Crippen LogP contribution in [0.25, 0.3) is 0 Å². The third-order valence-electron chi connectivity index (χ3n) is 12.1. The number of ether oxygens (including phenoxy) is 3. The first kappa shape index (κ1) is 67.0. The van der Waals surface area contributed by atoms with Crippen molar-refractivity contribution in [2.45, 2.75) is 176 Å². The van der Waals surface area contributed by atoms with Crippen LogP contribution in [0.4, 0.5) is 9.59 Å². The molecule has 0 aromatic heterocycles. The Kier molecular flexibility index (Phi) is 29.2. The first-order chi connectivity index (χ1) is 35.5. The molecule has 23 nitrogen and oxygen atoms in total. The number of carbonyl (C=O) groups is 10. The number of amides is 8. The van der Waals surface area contributed by atoms with Gasteiger partial charge in [0.2, 0.25) is 35.4 Å². The van der Waals surface area contributed by atoms with Crippen LogP contribution in [0.1, 0.15) is 121 Å². The zero-order chi connectivity index (χ0) is 58.0. The molecule has 0 saturated heterocycles. The van der Waals surface area contributed by atoms with Crippen LogP contribution in [-0.2, 0) is 59.0 Å². The summed E-state index contributed by atoms with van der Waals surface area (Å²) in [5.41, 5.74) is 5.56. The lowest BCUT2D eigenvalue weighted by Gasteiger charge is -2.33. The van der Waals surface area contributed by atoms with E-state index in [0.29, 0.717) is 18.4 Å². The Morgan fingerprint density at radius 1 is 0.671 bits per heavy atom. The molecule has 0 spiro atoms. The van der Waals surface area contributed by atoms with Gasteiger partial charge in [0.1, 0.15) is 66.3 Å². The number of carbonyl (C=O) groups excluding carboxylic acids is 9. The van der Waals surface area contributed by atoms with Crippen LogP contribution in [0, 0.1) is 23.7 Å². The lowest BCUT2D eigenvalue weighted by molar-refractivity contribution is -0.155. The zero-order valence-corrected chi connectivity index (χ0v) is 46.5. The van der Waals surface area contributed by atoms with Crippen LogP contribution in [0.2, 0.25) is 0 Å². The van der Waals surface area contributed by atoms with E-state index >= 15 is 0 Å². The fourth-order valence-corrected chi connectivity index (χ4v) is 7.11. The summed E-state index contributed by atoms with van der Waals surface area (Å²) < 4.78 is 16.0. The highest BCUT2D eigenvalue weighted by atomic mass is 16.6. The molecule has 0 bridgehead atoms. The van der Waals surface area contributed by atoms with E-state index in [0.717, 1.165) is 0 Å². The predicted octanol–water partition coefficient (Wildman–Crippen LogP) is 3.01. The van der Waals surface area contributed by atoms with Gasteiger partial charge >= 0.3 is 24.1 Å². The van der Waals surface area contributed by atoms with Crippen molar-refractivity contribution in [1.29, 1.82) is 0 Å². The second-order valence-corrected chi connectivity index (χ2v) is 20.3. The summed E-state index contributed by atoms with van der Waals surface area (Å²) in [6.45, 7) is 24.7. The van der Waals surface area contributed by atoms with Crippen LogP contribution >= 0.6 is 0 Å². The van der Waals surface area contributed by atoms with E-state index in [4.69, 9.17) is 19.9 Å². The summed E-state index contributed by atoms with van der Waals surface area (Å²) in [5, 5.41) is 30.3. The van der Waals surface area contributed by atoms with Crippen LogP contribution in [0.15, 0.2) is 54.8 Å². The highest BCUT2D eigenvalue weighted by Gasteiger charge is 2.40. The largest absolute Gasteiger partial charge is 0.477 e. The lowest BCUT2D eigenvalue weighted by Crippen LogP contribution is -2.64. The molecule has 10 atom stereocenters. The van der Waals surface area contributed by atoms with Crippen molar-refractivity contribution >= 4 is 59.6 Å². The number of nitrogens with one attached hydrogen (secondary N) is 8. The number of carboxylic acids is 1. The quantitative estimate of drug-likeness (QED) is 0.0168. The maximum atomic E-state index is 14.6. The van der Waals surface area contributed by atoms with Crippen molar-refractivity contribution in [3.05, 3.63) is 60.3 Å². The number of rotatable bonds is 31. The number of nitrogens with two attached hydrogens (primary N) is 1. The Bertz CT molecular complexity index is 2160. The second-order valence-electron chi connectivity index (χ2n) is 20.3. The summed E-state index contributed by atoms with van der Waals surface area (Å²) in [4.78, 5) is 135. The molecule has 1 aromatic rings. The third-order valence-corrected chi connectivity index (χ3v) is 12.1. The van der Waals surface area contributed by atoms with Crippen molar-refractivity contribution in [3.63, 3.8) is 0 Å². The van der Waals surface area contributed by atoms with Crippen LogP contribution in [-0.4, -0.2) is 132 Å². The average Bonchev–Trinajstić information content (AvgIpc) is 3.35. The smallest absolute Gasteiger partial charge is 0.408 e. The Hall–Kier alpha value is -7.04. The van der Waals surface area contributed by atoms with E-state index in [1.54, 1.807) is 106 Å². The van der Waals surface area contributed by atoms with E-state index in [9.17, 15) is 53.1 Å². The molecule has 0 unspecified atom stereocenters. The molecule has 1 rings (SSSR count). The molecule has 0 saturated carbocycles. The minimum absolute atomic E-state index is 0.0417. The maximum absolute atomic E-state index is 14.6. The predicted molar refractivity (Wildman–Crippen MR) is 283 cm³/mol. The molecular formula is C53H85N9O14. The topological polar surface area (TPSA) is 341 Å². The molecule has 8 amide bonds. The highest BCUT2D eigenvalue weighted by molar-refractivity contribution is 5.99. The molecule has 0 aliphatic heterocycles. The van der Waals surface area contributed by atoms with Gasteiger partial charge in [-0.05, 0) is 76.7 Å². The standard InChI is InChI=1S/C53H85N9O14/c1-15-27-74-52(73)58-36(25-22-26-55-51(72)76-53(12,13)14)43(63)60-40(31(9)16-2)47(67)62-42(33(11)75-50(71)38(54)29(5)6)48(68)61-41(32(10)17-3)46(66)59-39(30(7)8)45(65)57-37(28-34-23-20-19-21-24-34)44(64)56-35(18-4)49(69)70/h15,18-21,23-24,29-33,36-42H,1,16-17,22,25-28,54H2,2-14H3,(H,55,72)(H,56,64)(H,57,65)(H,58,73)(H,59,66)(H,60,63)(H,61,68)(H,62,67)(H,69,70)/b35-18-/t31-,32-,33+,36-,37-,38-,39+,40+,41+,42+/m0/s1. The van der Waals surface area contributed by atoms with Gasteiger partial charge in [0, 0.05) is 13.0 Å². The molecule has 0 aliphatic carbocycles. The van der Waals surface area contributed by atoms with Crippen molar-refractivity contribution in [2.75, 3.05) is 13.2 Å². The molecule has 0 fully saturated rings. The molecule has 0 heterocycles. The van der Waals surface area contributed by atoms with Gasteiger partial charge in [-0.15, -0.1) is 0 Å². The molecule has 11 N–H and O–H groups in total. The minimum atomic E-state index is -1.73. The number of aliphatic carboxylic acids is 1.